The second-order valence-corrected chi connectivity index (χ2v) is 6.41. The first-order valence-corrected chi connectivity index (χ1v) is 8.06. The summed E-state index contributed by atoms with van der Waals surface area (Å²) in [5, 5.41) is 0. The number of ether oxygens (including phenoxy) is 2. The maximum Gasteiger partial charge on any atom is 0.510 e. The van der Waals surface area contributed by atoms with Crippen LogP contribution in [0.25, 0.3) is 0 Å². The zero-order valence-electron chi connectivity index (χ0n) is 10.2. The average molecular weight is 454 g/mol. The van der Waals surface area contributed by atoms with Gasteiger partial charge in [-0.05, 0) is 58.0 Å². The van der Waals surface area contributed by atoms with E-state index in [0.717, 1.165) is 12.8 Å². The first-order valence-electron chi connectivity index (χ1n) is 5.57. The highest BCUT2D eigenvalue weighted by Crippen LogP contribution is 2.22. The zero-order valence-corrected chi connectivity index (χ0v) is 14.5. The Bertz CT molecular complexity index is 191. The van der Waals surface area contributed by atoms with Crippen LogP contribution in [0.3, 0.4) is 0 Å². The van der Waals surface area contributed by atoms with Crippen LogP contribution in [0.1, 0.15) is 40.5 Å². The molecule has 0 heterocycles. The molecule has 0 spiro atoms. The van der Waals surface area contributed by atoms with Crippen LogP contribution < -0.4 is 0 Å². The number of hydrogen-bond donors (Lipinski definition) is 0. The summed E-state index contributed by atoms with van der Waals surface area (Å²) in [6.45, 7) is 8.26. The lowest BCUT2D eigenvalue weighted by molar-refractivity contribution is 0.0263. The summed E-state index contributed by atoms with van der Waals surface area (Å²) in [6, 6.07) is 0. The Morgan fingerprint density at radius 1 is 1.00 bits per heavy atom. The Labute approximate surface area is 125 Å². The van der Waals surface area contributed by atoms with Gasteiger partial charge in [-0.2, -0.15) is 0 Å². The van der Waals surface area contributed by atoms with Gasteiger partial charge in [0.15, 0.2) is 8.22 Å². The van der Waals surface area contributed by atoms with E-state index in [2.05, 4.69) is 72.9 Å². The van der Waals surface area contributed by atoms with Crippen molar-refractivity contribution in [2.75, 3.05) is 0 Å². The van der Waals surface area contributed by atoms with Gasteiger partial charge in [-0.15, -0.1) is 0 Å². The van der Waals surface area contributed by atoms with E-state index in [4.69, 9.17) is 9.47 Å². The van der Waals surface area contributed by atoms with Crippen LogP contribution >= 0.6 is 45.2 Å². The molecule has 0 saturated heterocycles. The van der Waals surface area contributed by atoms with Crippen molar-refractivity contribution in [3.63, 3.8) is 0 Å². The molecular weight excluding hydrogens is 434 g/mol. The summed E-state index contributed by atoms with van der Waals surface area (Å²) in [5.74, 6) is 0.703. The molecule has 0 aliphatic heterocycles. The van der Waals surface area contributed by atoms with Crippen molar-refractivity contribution in [2.24, 2.45) is 11.8 Å². The van der Waals surface area contributed by atoms with E-state index in [9.17, 15) is 4.79 Å². The van der Waals surface area contributed by atoms with E-state index in [1.807, 2.05) is 0 Å². The maximum atomic E-state index is 11.5. The quantitative estimate of drug-likeness (QED) is 0.330. The van der Waals surface area contributed by atoms with Crippen molar-refractivity contribution in [3.8, 4) is 0 Å². The maximum absolute atomic E-state index is 11.5. The van der Waals surface area contributed by atoms with Gasteiger partial charge in [-0.3, -0.25) is 0 Å². The summed E-state index contributed by atoms with van der Waals surface area (Å²) in [5.41, 5.74) is 0. The minimum atomic E-state index is -0.556. The van der Waals surface area contributed by atoms with Crippen molar-refractivity contribution in [3.05, 3.63) is 0 Å². The van der Waals surface area contributed by atoms with Crippen molar-refractivity contribution in [1.29, 1.82) is 0 Å². The Balaban J connectivity index is 3.99. The van der Waals surface area contributed by atoms with E-state index in [0.29, 0.717) is 11.8 Å². The fourth-order valence-electron chi connectivity index (χ4n) is 0.815. The monoisotopic (exact) mass is 454 g/mol. The highest BCUT2D eigenvalue weighted by atomic mass is 127. The van der Waals surface area contributed by atoms with Gasteiger partial charge in [0.1, 0.15) is 0 Å². The van der Waals surface area contributed by atoms with Gasteiger partial charge in [0.05, 0.1) is 0 Å². The van der Waals surface area contributed by atoms with Gasteiger partial charge in [0, 0.05) is 11.8 Å². The Hall–Kier alpha value is 0.730. The molecule has 4 atom stereocenters. The molecule has 96 valence electrons. The molecule has 0 N–H and O–H groups in total. The lowest BCUT2D eigenvalue weighted by Gasteiger charge is -2.20. The predicted molar refractivity (Wildman–Crippen MR) is 82.1 cm³/mol. The van der Waals surface area contributed by atoms with E-state index in [1.165, 1.54) is 0 Å². The van der Waals surface area contributed by atoms with Gasteiger partial charge in [-0.1, -0.05) is 27.7 Å². The number of alkyl halides is 2. The minimum Gasteiger partial charge on any atom is -0.420 e. The van der Waals surface area contributed by atoms with Crippen molar-refractivity contribution in [2.45, 2.75) is 48.8 Å². The van der Waals surface area contributed by atoms with Crippen molar-refractivity contribution in [1.82, 2.24) is 0 Å². The van der Waals surface area contributed by atoms with Gasteiger partial charge in [0.2, 0.25) is 0 Å². The third kappa shape index (κ3) is 6.46. The third-order valence-corrected chi connectivity index (χ3v) is 5.56. The van der Waals surface area contributed by atoms with E-state index < -0.39 is 6.16 Å². The van der Waals surface area contributed by atoms with E-state index in [-0.39, 0.29) is 8.22 Å². The molecular formula is C11H20I2O3. The van der Waals surface area contributed by atoms with Crippen molar-refractivity contribution < 1.29 is 14.3 Å². The molecule has 5 heteroatoms. The molecule has 0 saturated carbocycles. The van der Waals surface area contributed by atoms with E-state index in [1.54, 1.807) is 0 Å². The normalized spacial score (nSPS) is 18.4. The number of carbonyl (C=O) groups is 1. The fourth-order valence-corrected chi connectivity index (χ4v) is 2.25. The van der Waals surface area contributed by atoms with Crippen LogP contribution in [-0.4, -0.2) is 14.4 Å². The van der Waals surface area contributed by atoms with Crippen molar-refractivity contribution >= 4 is 51.3 Å². The second-order valence-electron chi connectivity index (χ2n) is 3.96. The van der Waals surface area contributed by atoms with Gasteiger partial charge in [0.25, 0.3) is 0 Å². The van der Waals surface area contributed by atoms with Crippen LogP contribution in [0.2, 0.25) is 0 Å². The number of rotatable bonds is 6. The molecule has 0 radical (unpaired) electrons. The standard InChI is InChI=1S/C11H20I2O3/c1-5-7(3)9(12)15-11(14)16-10(13)8(4)6-2/h7-10H,5-6H2,1-4H3/t7-,8-,9+,10+/m0/s1. The number of carbonyl (C=O) groups excluding carboxylic acids is 1. The highest BCUT2D eigenvalue weighted by molar-refractivity contribution is 14.1. The molecule has 3 nitrogen and oxygen atoms in total. The molecule has 0 amide bonds. The lowest BCUT2D eigenvalue weighted by Crippen LogP contribution is -2.24. The highest BCUT2D eigenvalue weighted by Gasteiger charge is 2.22. The van der Waals surface area contributed by atoms with Gasteiger partial charge in [-0.25, -0.2) is 4.79 Å². The largest absolute Gasteiger partial charge is 0.510 e. The topological polar surface area (TPSA) is 35.5 Å². The smallest absolute Gasteiger partial charge is 0.420 e. The predicted octanol–water partition coefficient (Wildman–Crippen LogP) is 4.75. The van der Waals surface area contributed by atoms with Crippen LogP contribution in [0.5, 0.6) is 0 Å². The summed E-state index contributed by atoms with van der Waals surface area (Å²) in [6.07, 6.45) is 1.42. The first-order chi connectivity index (χ1) is 7.42. The van der Waals surface area contributed by atoms with Gasteiger partial charge < -0.3 is 9.47 Å². The van der Waals surface area contributed by atoms with Crippen LogP contribution in [0.15, 0.2) is 0 Å². The Morgan fingerprint density at radius 3 is 1.56 bits per heavy atom. The summed E-state index contributed by atoms with van der Waals surface area (Å²) in [7, 11) is 0. The molecule has 0 aliphatic rings. The molecule has 0 aromatic carbocycles. The Kier molecular flexibility index (Phi) is 9.17. The molecule has 16 heavy (non-hydrogen) atoms. The molecule has 0 fully saturated rings. The molecule has 0 rings (SSSR count). The molecule has 0 unspecified atom stereocenters. The average Bonchev–Trinajstić information content (AvgIpc) is 2.26. The van der Waals surface area contributed by atoms with E-state index >= 15 is 0 Å². The zero-order chi connectivity index (χ0) is 12.7. The minimum absolute atomic E-state index is 0.115. The molecule has 0 aromatic heterocycles. The Morgan fingerprint density at radius 2 is 1.31 bits per heavy atom. The van der Waals surface area contributed by atoms with Crippen LogP contribution in [-0.2, 0) is 9.47 Å². The fraction of sp³-hybridized carbons (Fsp3) is 0.909. The summed E-state index contributed by atoms with van der Waals surface area (Å²) in [4.78, 5) is 11.5. The third-order valence-electron chi connectivity index (χ3n) is 2.60. The van der Waals surface area contributed by atoms with Crippen LogP contribution in [0.4, 0.5) is 4.79 Å². The molecule has 0 aliphatic carbocycles. The SMILES string of the molecule is CC[C@H](C)[C@H](I)OC(=O)O[C@@H](I)[C@@H](C)CC. The lowest BCUT2D eigenvalue weighted by atomic mass is 10.1. The number of halogens is 2. The first kappa shape index (κ1) is 16.7. The van der Waals surface area contributed by atoms with Crippen LogP contribution in [0, 0.1) is 11.8 Å². The summed E-state index contributed by atoms with van der Waals surface area (Å²) < 4.78 is 10.1. The molecule has 0 bridgehead atoms. The summed E-state index contributed by atoms with van der Waals surface area (Å²) >= 11 is 4.26. The van der Waals surface area contributed by atoms with Gasteiger partial charge >= 0.3 is 6.16 Å². The second kappa shape index (κ2) is 8.77. The number of hydrogen-bond acceptors (Lipinski definition) is 3. The molecule has 0 aromatic rings.